The number of ether oxygens (including phenoxy) is 1. The Labute approximate surface area is 157 Å². The molecule has 0 amide bonds. The van der Waals surface area contributed by atoms with Gasteiger partial charge in [-0.1, -0.05) is 73.1 Å². The van der Waals surface area contributed by atoms with Crippen LogP contribution in [-0.4, -0.2) is 17.9 Å². The summed E-state index contributed by atoms with van der Waals surface area (Å²) in [7, 11) is 0. The van der Waals surface area contributed by atoms with Gasteiger partial charge in [0.2, 0.25) is 5.78 Å². The summed E-state index contributed by atoms with van der Waals surface area (Å²) in [6.45, 7) is 7.97. The first-order valence-corrected chi connectivity index (χ1v) is 9.05. The van der Waals surface area contributed by atoms with Gasteiger partial charge in [0.1, 0.15) is 0 Å². The molecule has 0 spiro atoms. The Kier molecular flexibility index (Phi) is 6.17. The number of benzene rings is 2. The summed E-state index contributed by atoms with van der Waals surface area (Å²) in [6, 6.07) is 14.9. The molecule has 2 aromatic carbocycles. The predicted molar refractivity (Wildman–Crippen MR) is 103 cm³/mol. The Hall–Kier alpha value is -1.94. The van der Waals surface area contributed by atoms with Gasteiger partial charge >= 0.3 is 5.97 Å². The van der Waals surface area contributed by atoms with Gasteiger partial charge in [0.25, 0.3) is 0 Å². The number of rotatable bonds is 5. The summed E-state index contributed by atoms with van der Waals surface area (Å²) < 4.78 is 6.25. The predicted octanol–water partition coefficient (Wildman–Crippen LogP) is 5.10. The van der Waals surface area contributed by atoms with Crippen molar-refractivity contribution in [3.8, 4) is 0 Å². The highest BCUT2D eigenvalue weighted by Gasteiger charge is 2.21. The molecule has 0 saturated carbocycles. The zero-order valence-electron chi connectivity index (χ0n) is 15.0. The van der Waals surface area contributed by atoms with Crippen LogP contribution in [0.25, 0.3) is 0 Å². The second-order valence-corrected chi connectivity index (χ2v) is 8.04. The van der Waals surface area contributed by atoms with Crippen molar-refractivity contribution in [1.29, 1.82) is 0 Å². The Morgan fingerprint density at radius 2 is 1.56 bits per heavy atom. The number of Topliss-reactive ketones (excluding diaryl/α,β-unsaturated/α-hetero) is 1. The Morgan fingerprint density at radius 1 is 1.00 bits per heavy atom. The molecule has 2 rings (SSSR count). The van der Waals surface area contributed by atoms with Crippen molar-refractivity contribution in [3.05, 3.63) is 69.7 Å². The van der Waals surface area contributed by atoms with E-state index >= 15 is 0 Å². The van der Waals surface area contributed by atoms with Crippen LogP contribution in [0.15, 0.2) is 53.0 Å². The molecule has 0 aliphatic carbocycles. The molecule has 3 nitrogen and oxygen atoms in total. The average Bonchev–Trinajstić information content (AvgIpc) is 2.55. The van der Waals surface area contributed by atoms with E-state index < -0.39 is 12.1 Å². The van der Waals surface area contributed by atoms with Gasteiger partial charge in [0.15, 0.2) is 6.10 Å². The molecular formula is C21H23BrO3. The van der Waals surface area contributed by atoms with Crippen molar-refractivity contribution >= 4 is 27.7 Å². The maximum absolute atomic E-state index is 12.5. The van der Waals surface area contributed by atoms with E-state index in [1.54, 1.807) is 19.1 Å². The fourth-order valence-electron chi connectivity index (χ4n) is 2.43. The molecule has 25 heavy (non-hydrogen) atoms. The van der Waals surface area contributed by atoms with E-state index in [-0.39, 0.29) is 17.6 Å². The minimum atomic E-state index is -0.802. The molecule has 0 heterocycles. The molecule has 0 saturated heterocycles. The first-order valence-electron chi connectivity index (χ1n) is 8.25. The van der Waals surface area contributed by atoms with E-state index in [9.17, 15) is 9.59 Å². The zero-order chi connectivity index (χ0) is 18.6. The minimum absolute atomic E-state index is 0.0321. The van der Waals surface area contributed by atoms with Crippen molar-refractivity contribution in [1.82, 2.24) is 0 Å². The molecule has 0 aliphatic rings. The van der Waals surface area contributed by atoms with Crippen LogP contribution >= 0.6 is 15.9 Å². The lowest BCUT2D eigenvalue weighted by Gasteiger charge is -2.19. The molecule has 0 bridgehead atoms. The van der Waals surface area contributed by atoms with E-state index in [4.69, 9.17) is 4.74 Å². The highest BCUT2D eigenvalue weighted by atomic mass is 79.9. The van der Waals surface area contributed by atoms with Gasteiger partial charge in [-0.25, -0.2) is 0 Å². The molecule has 4 heteroatoms. The number of esters is 1. The van der Waals surface area contributed by atoms with Crippen LogP contribution in [0.2, 0.25) is 0 Å². The maximum Gasteiger partial charge on any atom is 0.310 e. The Balaban J connectivity index is 1.97. The quantitative estimate of drug-likeness (QED) is 0.515. The molecule has 1 atom stereocenters. The van der Waals surface area contributed by atoms with Gasteiger partial charge in [-0.15, -0.1) is 0 Å². The summed E-state index contributed by atoms with van der Waals surface area (Å²) in [6.07, 6.45) is -0.656. The van der Waals surface area contributed by atoms with Crippen molar-refractivity contribution in [2.24, 2.45) is 0 Å². The van der Waals surface area contributed by atoms with E-state index in [1.807, 2.05) is 36.4 Å². The van der Waals surface area contributed by atoms with Crippen LogP contribution in [0, 0.1) is 0 Å². The molecular weight excluding hydrogens is 380 g/mol. The highest BCUT2D eigenvalue weighted by molar-refractivity contribution is 9.10. The Morgan fingerprint density at radius 3 is 2.08 bits per heavy atom. The van der Waals surface area contributed by atoms with Crippen molar-refractivity contribution in [3.63, 3.8) is 0 Å². The third kappa shape index (κ3) is 5.53. The van der Waals surface area contributed by atoms with Crippen LogP contribution in [0.4, 0.5) is 0 Å². The number of halogens is 1. The van der Waals surface area contributed by atoms with Gasteiger partial charge in [0.05, 0.1) is 6.42 Å². The highest BCUT2D eigenvalue weighted by Crippen LogP contribution is 2.22. The number of hydrogen-bond acceptors (Lipinski definition) is 3. The molecule has 0 radical (unpaired) electrons. The minimum Gasteiger partial charge on any atom is -0.454 e. The lowest BCUT2D eigenvalue weighted by Crippen LogP contribution is -2.25. The first kappa shape index (κ1) is 19.4. The summed E-state index contributed by atoms with van der Waals surface area (Å²) in [5.41, 5.74) is 2.59. The Bertz CT molecular complexity index is 740. The number of hydrogen-bond donors (Lipinski definition) is 0. The smallest absolute Gasteiger partial charge is 0.310 e. The monoisotopic (exact) mass is 402 g/mol. The van der Waals surface area contributed by atoms with E-state index in [0.717, 1.165) is 15.6 Å². The molecule has 0 aliphatic heterocycles. The lowest BCUT2D eigenvalue weighted by atomic mass is 9.86. The van der Waals surface area contributed by atoms with Crippen molar-refractivity contribution in [2.45, 2.75) is 45.6 Å². The standard InChI is InChI=1S/C21H23BrO3/c1-14(25-19(23)13-15-5-11-18(22)12-6-15)20(24)16-7-9-17(10-8-16)21(2,3)4/h5-12,14H,13H2,1-4H3/t14-/m1/s1. The van der Waals surface area contributed by atoms with Crippen molar-refractivity contribution < 1.29 is 14.3 Å². The van der Waals surface area contributed by atoms with Gasteiger partial charge < -0.3 is 4.74 Å². The fourth-order valence-corrected chi connectivity index (χ4v) is 2.69. The molecule has 0 aromatic heterocycles. The van der Waals surface area contributed by atoms with Gasteiger partial charge in [-0.3, -0.25) is 9.59 Å². The van der Waals surface area contributed by atoms with Crippen LogP contribution in [0.3, 0.4) is 0 Å². The number of carbonyl (C=O) groups excluding carboxylic acids is 2. The van der Waals surface area contributed by atoms with E-state index in [2.05, 4.69) is 36.7 Å². The van der Waals surface area contributed by atoms with Gasteiger partial charge in [-0.05, 0) is 35.6 Å². The third-order valence-electron chi connectivity index (χ3n) is 3.97. The zero-order valence-corrected chi connectivity index (χ0v) is 16.6. The summed E-state index contributed by atoms with van der Waals surface area (Å²) in [4.78, 5) is 24.5. The van der Waals surface area contributed by atoms with Gasteiger partial charge in [0, 0.05) is 10.0 Å². The van der Waals surface area contributed by atoms with Crippen LogP contribution < -0.4 is 0 Å². The average molecular weight is 403 g/mol. The summed E-state index contributed by atoms with van der Waals surface area (Å²) in [5, 5.41) is 0. The summed E-state index contributed by atoms with van der Waals surface area (Å²) >= 11 is 3.35. The number of ketones is 1. The third-order valence-corrected chi connectivity index (χ3v) is 4.50. The number of carbonyl (C=O) groups is 2. The molecule has 0 N–H and O–H groups in total. The van der Waals surface area contributed by atoms with E-state index in [0.29, 0.717) is 5.56 Å². The summed E-state index contributed by atoms with van der Waals surface area (Å²) in [5.74, 6) is -0.598. The molecule has 0 fully saturated rings. The SMILES string of the molecule is C[C@@H](OC(=O)Cc1ccc(Br)cc1)C(=O)c1ccc(C(C)(C)C)cc1. The maximum atomic E-state index is 12.5. The topological polar surface area (TPSA) is 43.4 Å². The van der Waals surface area contributed by atoms with Crippen LogP contribution in [-0.2, 0) is 21.4 Å². The normalized spacial score (nSPS) is 12.5. The molecule has 2 aromatic rings. The van der Waals surface area contributed by atoms with E-state index in [1.165, 1.54) is 0 Å². The molecule has 132 valence electrons. The van der Waals surface area contributed by atoms with Crippen LogP contribution in [0.5, 0.6) is 0 Å². The fraction of sp³-hybridized carbons (Fsp3) is 0.333. The first-order chi connectivity index (χ1) is 11.7. The second-order valence-electron chi connectivity index (χ2n) is 7.13. The lowest BCUT2D eigenvalue weighted by molar-refractivity contribution is -0.145. The van der Waals surface area contributed by atoms with Crippen LogP contribution in [0.1, 0.15) is 49.2 Å². The molecule has 0 unspecified atom stereocenters. The van der Waals surface area contributed by atoms with Crippen molar-refractivity contribution in [2.75, 3.05) is 0 Å². The van der Waals surface area contributed by atoms with Gasteiger partial charge in [-0.2, -0.15) is 0 Å². The largest absolute Gasteiger partial charge is 0.454 e. The second kappa shape index (κ2) is 7.96.